The lowest BCUT2D eigenvalue weighted by atomic mass is 10.1. The number of nitrogens with zero attached hydrogens (tertiary/aromatic N) is 1. The Morgan fingerprint density at radius 2 is 2.05 bits per heavy atom. The van der Waals surface area contributed by atoms with Crippen LogP contribution in [-0.2, 0) is 16.3 Å². The summed E-state index contributed by atoms with van der Waals surface area (Å²) in [6.45, 7) is 2.74. The van der Waals surface area contributed by atoms with Crippen molar-refractivity contribution in [1.82, 2.24) is 10.2 Å². The fourth-order valence-electron chi connectivity index (χ4n) is 2.66. The van der Waals surface area contributed by atoms with Crippen LogP contribution in [0.2, 0.25) is 0 Å². The number of amides is 2. The van der Waals surface area contributed by atoms with Crippen LogP contribution in [0, 0.1) is 5.82 Å². The maximum Gasteiger partial charge on any atom is 0.317 e. The Labute approximate surface area is 130 Å². The van der Waals surface area contributed by atoms with E-state index in [2.05, 4.69) is 5.32 Å². The highest BCUT2D eigenvalue weighted by atomic mass is 32.2. The Balaban J connectivity index is 1.83. The van der Waals surface area contributed by atoms with Crippen LogP contribution in [0.15, 0.2) is 24.3 Å². The van der Waals surface area contributed by atoms with Gasteiger partial charge in [-0.3, -0.25) is 0 Å². The SMILES string of the molecule is CCN(C(=O)NCCc1ccc(F)cc1)C1CCS(=O)(=O)C1. The van der Waals surface area contributed by atoms with Crippen molar-refractivity contribution in [2.45, 2.75) is 25.8 Å². The van der Waals surface area contributed by atoms with Crippen LogP contribution in [0.5, 0.6) is 0 Å². The summed E-state index contributed by atoms with van der Waals surface area (Å²) in [6, 6.07) is 5.66. The molecular weight excluding hydrogens is 307 g/mol. The largest absolute Gasteiger partial charge is 0.338 e. The van der Waals surface area contributed by atoms with Crippen LogP contribution in [0.3, 0.4) is 0 Å². The molecule has 0 aromatic heterocycles. The summed E-state index contributed by atoms with van der Waals surface area (Å²) in [6.07, 6.45) is 1.11. The molecule has 0 aliphatic carbocycles. The summed E-state index contributed by atoms with van der Waals surface area (Å²) in [5.41, 5.74) is 0.938. The normalized spacial score (nSPS) is 19.8. The maximum atomic E-state index is 12.8. The Kier molecular flexibility index (Phi) is 5.39. The fourth-order valence-corrected chi connectivity index (χ4v) is 4.39. The zero-order valence-electron chi connectivity index (χ0n) is 12.6. The van der Waals surface area contributed by atoms with Crippen molar-refractivity contribution in [3.8, 4) is 0 Å². The second-order valence-electron chi connectivity index (χ2n) is 5.45. The van der Waals surface area contributed by atoms with Gasteiger partial charge in [0.15, 0.2) is 9.84 Å². The van der Waals surface area contributed by atoms with Crippen LogP contribution in [0.25, 0.3) is 0 Å². The Morgan fingerprint density at radius 3 is 2.59 bits per heavy atom. The number of urea groups is 1. The third-order valence-corrected chi connectivity index (χ3v) is 5.60. The van der Waals surface area contributed by atoms with Crippen molar-refractivity contribution >= 4 is 15.9 Å². The molecule has 1 atom stereocenters. The number of rotatable bonds is 5. The predicted molar refractivity (Wildman–Crippen MR) is 82.9 cm³/mol. The van der Waals surface area contributed by atoms with Crippen molar-refractivity contribution in [2.75, 3.05) is 24.6 Å². The minimum Gasteiger partial charge on any atom is -0.338 e. The van der Waals surface area contributed by atoms with Gasteiger partial charge in [-0.25, -0.2) is 17.6 Å². The molecule has 22 heavy (non-hydrogen) atoms. The molecule has 0 radical (unpaired) electrons. The van der Waals surface area contributed by atoms with Crippen LogP contribution in [-0.4, -0.2) is 50.0 Å². The van der Waals surface area contributed by atoms with Crippen molar-refractivity contribution in [3.05, 3.63) is 35.6 Å². The van der Waals surface area contributed by atoms with Gasteiger partial charge in [0.05, 0.1) is 11.5 Å². The number of nitrogens with one attached hydrogen (secondary N) is 1. The summed E-state index contributed by atoms with van der Waals surface area (Å²) in [5, 5.41) is 2.80. The van der Waals surface area contributed by atoms with Gasteiger partial charge in [-0.05, 0) is 37.5 Å². The first-order chi connectivity index (χ1) is 10.4. The molecule has 1 aromatic carbocycles. The van der Waals surface area contributed by atoms with Crippen LogP contribution < -0.4 is 5.32 Å². The standard InChI is InChI=1S/C15H21FN2O3S/c1-2-18(14-8-10-22(20,21)11-14)15(19)17-9-7-12-3-5-13(16)6-4-12/h3-6,14H,2,7-11H2,1H3,(H,17,19). The third kappa shape index (κ3) is 4.43. The summed E-state index contributed by atoms with van der Waals surface area (Å²) in [5.74, 6) is -0.0872. The van der Waals surface area contributed by atoms with Gasteiger partial charge in [0.2, 0.25) is 0 Å². The summed E-state index contributed by atoms with van der Waals surface area (Å²) < 4.78 is 35.8. The van der Waals surface area contributed by atoms with Crippen molar-refractivity contribution in [2.24, 2.45) is 0 Å². The van der Waals surface area contributed by atoms with Gasteiger partial charge in [-0.2, -0.15) is 0 Å². The molecule has 1 heterocycles. The number of carbonyl (C=O) groups is 1. The van der Waals surface area contributed by atoms with E-state index in [1.807, 2.05) is 6.92 Å². The van der Waals surface area contributed by atoms with E-state index in [1.165, 1.54) is 12.1 Å². The van der Waals surface area contributed by atoms with E-state index in [4.69, 9.17) is 0 Å². The minimum atomic E-state index is -3.01. The predicted octanol–water partition coefficient (Wildman–Crippen LogP) is 1.59. The summed E-state index contributed by atoms with van der Waals surface area (Å²) >= 11 is 0. The summed E-state index contributed by atoms with van der Waals surface area (Å²) in [7, 11) is -3.01. The lowest BCUT2D eigenvalue weighted by Crippen LogP contribution is -2.47. The van der Waals surface area contributed by atoms with Gasteiger partial charge < -0.3 is 10.2 Å². The van der Waals surface area contributed by atoms with Gasteiger partial charge in [0.1, 0.15) is 5.82 Å². The van der Waals surface area contributed by atoms with Crippen molar-refractivity contribution in [3.63, 3.8) is 0 Å². The van der Waals surface area contributed by atoms with Crippen LogP contribution >= 0.6 is 0 Å². The first-order valence-corrected chi connectivity index (χ1v) is 9.23. The smallest absolute Gasteiger partial charge is 0.317 e. The van der Waals surface area contributed by atoms with Gasteiger partial charge in [-0.15, -0.1) is 0 Å². The van der Waals surface area contributed by atoms with Crippen molar-refractivity contribution in [1.29, 1.82) is 0 Å². The second-order valence-corrected chi connectivity index (χ2v) is 7.68. The molecule has 0 saturated carbocycles. The summed E-state index contributed by atoms with van der Waals surface area (Å²) in [4.78, 5) is 13.8. The number of hydrogen-bond donors (Lipinski definition) is 1. The quantitative estimate of drug-likeness (QED) is 0.892. The van der Waals surface area contributed by atoms with E-state index in [9.17, 15) is 17.6 Å². The van der Waals surface area contributed by atoms with Gasteiger partial charge in [-0.1, -0.05) is 12.1 Å². The molecule has 1 aliphatic rings. The lowest BCUT2D eigenvalue weighted by Gasteiger charge is -2.27. The highest BCUT2D eigenvalue weighted by Crippen LogP contribution is 2.17. The zero-order chi connectivity index (χ0) is 16.2. The third-order valence-electron chi connectivity index (χ3n) is 3.85. The molecule has 1 aliphatic heterocycles. The van der Waals surface area contributed by atoms with E-state index in [0.29, 0.717) is 25.9 Å². The molecular formula is C15H21FN2O3S. The van der Waals surface area contributed by atoms with Crippen LogP contribution in [0.4, 0.5) is 9.18 Å². The molecule has 1 unspecified atom stereocenters. The van der Waals surface area contributed by atoms with Crippen LogP contribution in [0.1, 0.15) is 18.9 Å². The van der Waals surface area contributed by atoms with E-state index in [-0.39, 0.29) is 29.4 Å². The maximum absolute atomic E-state index is 12.8. The number of benzene rings is 1. The first kappa shape index (κ1) is 16.7. The molecule has 7 heteroatoms. The lowest BCUT2D eigenvalue weighted by molar-refractivity contribution is 0.184. The Hall–Kier alpha value is -1.63. The number of halogens is 1. The van der Waals surface area contributed by atoms with E-state index < -0.39 is 9.84 Å². The average Bonchev–Trinajstić information content (AvgIpc) is 2.82. The molecule has 1 N–H and O–H groups in total. The van der Waals surface area contributed by atoms with E-state index in [1.54, 1.807) is 17.0 Å². The molecule has 0 bridgehead atoms. The molecule has 1 saturated heterocycles. The second kappa shape index (κ2) is 7.09. The molecule has 0 spiro atoms. The number of sulfone groups is 1. The molecule has 122 valence electrons. The highest BCUT2D eigenvalue weighted by Gasteiger charge is 2.33. The molecule has 2 rings (SSSR count). The molecule has 5 nitrogen and oxygen atoms in total. The van der Waals surface area contributed by atoms with Gasteiger partial charge in [0, 0.05) is 19.1 Å². The Bertz CT molecular complexity index is 616. The molecule has 1 aromatic rings. The van der Waals surface area contributed by atoms with E-state index >= 15 is 0 Å². The van der Waals surface area contributed by atoms with E-state index in [0.717, 1.165) is 5.56 Å². The molecule has 1 fully saturated rings. The average molecular weight is 328 g/mol. The van der Waals surface area contributed by atoms with Crippen molar-refractivity contribution < 1.29 is 17.6 Å². The first-order valence-electron chi connectivity index (χ1n) is 7.40. The highest BCUT2D eigenvalue weighted by molar-refractivity contribution is 7.91. The fraction of sp³-hybridized carbons (Fsp3) is 0.533. The van der Waals surface area contributed by atoms with Gasteiger partial charge >= 0.3 is 6.03 Å². The molecule has 2 amide bonds. The van der Waals surface area contributed by atoms with Gasteiger partial charge in [0.25, 0.3) is 0 Å². The monoisotopic (exact) mass is 328 g/mol. The topological polar surface area (TPSA) is 66.5 Å². The minimum absolute atomic E-state index is 0.0478. The number of hydrogen-bond acceptors (Lipinski definition) is 3. The number of carbonyl (C=O) groups excluding carboxylic acids is 1. The Morgan fingerprint density at radius 1 is 1.36 bits per heavy atom. The zero-order valence-corrected chi connectivity index (χ0v) is 13.4.